The van der Waals surface area contributed by atoms with E-state index in [1.54, 1.807) is 0 Å². The third kappa shape index (κ3) is 46.5. The summed E-state index contributed by atoms with van der Waals surface area (Å²) < 4.78 is 17.2. The molecule has 0 aromatic rings. The molecular weight excluding hydrogens is 743 g/mol. The quantitative estimate of drug-likeness (QED) is 0.0345. The first-order valence-corrected chi connectivity index (χ1v) is 26.9. The van der Waals surface area contributed by atoms with Crippen molar-refractivity contribution < 1.29 is 23.8 Å². The number of hydrogen-bond donors (Lipinski definition) is 0. The molecule has 0 fully saturated rings. The molecule has 360 valence electrons. The number of rotatable bonds is 48. The molecular formula is C54H109NO5. The van der Waals surface area contributed by atoms with Crippen LogP contribution in [0.3, 0.4) is 0 Å². The molecule has 1 unspecified atom stereocenters. The molecule has 60 heavy (non-hydrogen) atoms. The van der Waals surface area contributed by atoms with Crippen LogP contribution in [0.1, 0.15) is 273 Å². The molecule has 0 N–H and O–H groups in total. The topological polar surface area (TPSA) is 65.1 Å². The van der Waals surface area contributed by atoms with Crippen LogP contribution in [-0.2, 0) is 23.8 Å². The van der Waals surface area contributed by atoms with Crippen molar-refractivity contribution in [3.05, 3.63) is 0 Å². The van der Waals surface area contributed by atoms with Crippen molar-refractivity contribution in [2.45, 2.75) is 279 Å². The van der Waals surface area contributed by atoms with Crippen LogP contribution in [0.5, 0.6) is 0 Å². The predicted octanol–water partition coefficient (Wildman–Crippen LogP) is 16.4. The maximum Gasteiger partial charge on any atom is 0.305 e. The van der Waals surface area contributed by atoms with Crippen molar-refractivity contribution in [2.75, 3.05) is 46.6 Å². The van der Waals surface area contributed by atoms with Gasteiger partial charge in [0.1, 0.15) is 6.29 Å². The van der Waals surface area contributed by atoms with Crippen LogP contribution in [0.2, 0.25) is 0 Å². The van der Waals surface area contributed by atoms with E-state index < -0.39 is 0 Å². The third-order valence-corrected chi connectivity index (χ3v) is 12.8. The van der Waals surface area contributed by atoms with Gasteiger partial charge in [0.25, 0.3) is 0 Å². The lowest BCUT2D eigenvalue weighted by molar-refractivity contribution is -0.144. The summed E-state index contributed by atoms with van der Waals surface area (Å²) in [6.45, 7) is 19.5. The van der Waals surface area contributed by atoms with Crippen molar-refractivity contribution in [1.29, 1.82) is 0 Å². The minimum atomic E-state index is 0.00826. The van der Waals surface area contributed by atoms with Gasteiger partial charge in [-0.2, -0.15) is 0 Å². The van der Waals surface area contributed by atoms with Crippen LogP contribution in [0, 0.1) is 11.8 Å². The maximum absolute atomic E-state index is 12.3. The molecule has 0 rings (SSSR count). The fraction of sp³-hybridized carbons (Fsp3) is 0.963. The molecule has 0 radical (unpaired) electrons. The number of unbranched alkanes of at least 4 members (excludes halogenated alkanes) is 20. The minimum absolute atomic E-state index is 0.00826. The van der Waals surface area contributed by atoms with Gasteiger partial charge in [0.2, 0.25) is 0 Å². The summed E-state index contributed by atoms with van der Waals surface area (Å²) in [6, 6.07) is 0. The summed E-state index contributed by atoms with van der Waals surface area (Å²) in [4.78, 5) is 25.3. The molecule has 0 aliphatic heterocycles. The SMILES string of the molecule is CCCCCC(CCCCC)CCOC.CCCCCC(CCCCC)CCOC(=O)CCCCCCCCC(CCCCCCCCC=O)OCCCCN(CC)CC. The molecule has 6 heteroatoms. The number of aldehydes is 1. The van der Waals surface area contributed by atoms with Crippen molar-refractivity contribution in [3.8, 4) is 0 Å². The second-order valence-electron chi connectivity index (χ2n) is 18.3. The normalized spacial score (nSPS) is 12.0. The van der Waals surface area contributed by atoms with Gasteiger partial charge in [0, 0.05) is 33.2 Å². The van der Waals surface area contributed by atoms with Crippen molar-refractivity contribution in [2.24, 2.45) is 11.8 Å². The third-order valence-electron chi connectivity index (χ3n) is 12.8. The highest BCUT2D eigenvalue weighted by atomic mass is 16.5. The van der Waals surface area contributed by atoms with Gasteiger partial charge in [0.05, 0.1) is 12.7 Å². The molecule has 0 aromatic carbocycles. The van der Waals surface area contributed by atoms with Crippen LogP contribution in [-0.4, -0.2) is 69.8 Å². The zero-order valence-corrected chi connectivity index (χ0v) is 42.0. The average Bonchev–Trinajstić information content (AvgIpc) is 3.25. The maximum atomic E-state index is 12.3. The largest absolute Gasteiger partial charge is 0.466 e. The van der Waals surface area contributed by atoms with E-state index in [-0.39, 0.29) is 5.97 Å². The van der Waals surface area contributed by atoms with Gasteiger partial charge in [-0.15, -0.1) is 0 Å². The van der Waals surface area contributed by atoms with Gasteiger partial charge in [-0.3, -0.25) is 4.79 Å². The molecule has 1 atom stereocenters. The zero-order valence-electron chi connectivity index (χ0n) is 42.0. The Labute approximate surface area is 377 Å². The highest BCUT2D eigenvalue weighted by molar-refractivity contribution is 5.69. The lowest BCUT2D eigenvalue weighted by Gasteiger charge is -2.20. The van der Waals surface area contributed by atoms with Gasteiger partial charge in [-0.1, -0.05) is 208 Å². The first-order chi connectivity index (χ1) is 29.4. The molecule has 0 amide bonds. The molecule has 0 bridgehead atoms. The fourth-order valence-corrected chi connectivity index (χ4v) is 8.49. The Morgan fingerprint density at radius 3 is 1.35 bits per heavy atom. The lowest BCUT2D eigenvalue weighted by atomic mass is 9.92. The summed E-state index contributed by atoms with van der Waals surface area (Å²) in [6.07, 6.45) is 45.7. The number of nitrogens with zero attached hydrogens (tertiary/aromatic N) is 1. The van der Waals surface area contributed by atoms with Crippen molar-refractivity contribution in [3.63, 3.8) is 0 Å². The molecule has 6 nitrogen and oxygen atoms in total. The number of methoxy groups -OCH3 is 1. The Bertz CT molecular complexity index is 800. The van der Waals surface area contributed by atoms with Crippen LogP contribution >= 0.6 is 0 Å². The van der Waals surface area contributed by atoms with Gasteiger partial charge < -0.3 is 23.9 Å². The Hall–Kier alpha value is -0.980. The molecule has 0 spiro atoms. The first-order valence-electron chi connectivity index (χ1n) is 26.9. The molecule has 0 aliphatic carbocycles. The Morgan fingerprint density at radius 2 is 0.900 bits per heavy atom. The van der Waals surface area contributed by atoms with E-state index in [4.69, 9.17) is 14.2 Å². The van der Waals surface area contributed by atoms with E-state index in [0.29, 0.717) is 19.1 Å². The monoisotopic (exact) mass is 852 g/mol. The number of carbonyl (C=O) groups excluding carboxylic acids is 2. The van der Waals surface area contributed by atoms with Crippen molar-refractivity contribution >= 4 is 12.3 Å². The van der Waals surface area contributed by atoms with Crippen LogP contribution in [0.25, 0.3) is 0 Å². The predicted molar refractivity (Wildman–Crippen MR) is 262 cm³/mol. The van der Waals surface area contributed by atoms with E-state index in [0.717, 1.165) is 83.0 Å². The van der Waals surface area contributed by atoms with Crippen molar-refractivity contribution in [1.82, 2.24) is 4.90 Å². The summed E-state index contributed by atoms with van der Waals surface area (Å²) >= 11 is 0. The second kappa shape index (κ2) is 52.4. The molecule has 0 heterocycles. The van der Waals surface area contributed by atoms with Crippen LogP contribution < -0.4 is 0 Å². The summed E-state index contributed by atoms with van der Waals surface area (Å²) in [5.74, 6) is 1.65. The smallest absolute Gasteiger partial charge is 0.305 e. The van der Waals surface area contributed by atoms with E-state index >= 15 is 0 Å². The highest BCUT2D eigenvalue weighted by Crippen LogP contribution is 2.23. The molecule has 0 saturated carbocycles. The minimum Gasteiger partial charge on any atom is -0.466 e. The van der Waals surface area contributed by atoms with Gasteiger partial charge in [-0.25, -0.2) is 0 Å². The van der Waals surface area contributed by atoms with Gasteiger partial charge in [-0.05, 0) is 82.8 Å². The Kier molecular flexibility index (Phi) is 53.3. The molecule has 0 aliphatic rings. The number of esters is 1. The van der Waals surface area contributed by atoms with E-state index in [2.05, 4.69) is 46.4 Å². The van der Waals surface area contributed by atoms with Crippen LogP contribution in [0.4, 0.5) is 0 Å². The van der Waals surface area contributed by atoms with E-state index in [9.17, 15) is 9.59 Å². The van der Waals surface area contributed by atoms with E-state index in [1.165, 1.54) is 193 Å². The number of hydrogen-bond acceptors (Lipinski definition) is 6. The van der Waals surface area contributed by atoms with Crippen LogP contribution in [0.15, 0.2) is 0 Å². The lowest BCUT2D eigenvalue weighted by Crippen LogP contribution is -2.24. The Balaban J connectivity index is 0. The summed E-state index contributed by atoms with van der Waals surface area (Å²) in [7, 11) is 1.81. The van der Waals surface area contributed by atoms with Gasteiger partial charge in [0.15, 0.2) is 0 Å². The second-order valence-corrected chi connectivity index (χ2v) is 18.3. The first kappa shape index (κ1) is 61.1. The number of carbonyl (C=O) groups is 2. The van der Waals surface area contributed by atoms with E-state index in [1.807, 2.05) is 7.11 Å². The average molecular weight is 852 g/mol. The molecule has 0 aromatic heterocycles. The summed E-state index contributed by atoms with van der Waals surface area (Å²) in [5, 5.41) is 0. The Morgan fingerprint density at radius 1 is 0.467 bits per heavy atom. The summed E-state index contributed by atoms with van der Waals surface area (Å²) in [5.41, 5.74) is 0. The standard InChI is InChI=1S/C40H79NO4.C14H30O/c1-5-9-20-28-38(29-21-10-6-2)33-37-45-40(43)32-24-18-14-13-17-23-31-39(30-22-16-12-11-15-19-26-35-42)44-36-27-25-34-41(7-3)8-4;1-4-6-8-10-14(12-13-15-3)11-9-7-5-2/h35,38-39H,5-34,36-37H2,1-4H3;14H,4-13H2,1-3H3. The molecule has 0 saturated heterocycles. The zero-order chi connectivity index (χ0) is 44.4. The van der Waals surface area contributed by atoms with Gasteiger partial charge >= 0.3 is 5.97 Å². The number of ether oxygens (including phenoxy) is 3. The fourth-order valence-electron chi connectivity index (χ4n) is 8.49. The highest BCUT2D eigenvalue weighted by Gasteiger charge is 2.12.